The van der Waals surface area contributed by atoms with Crippen LogP contribution in [-0.4, -0.2) is 15.0 Å². The number of nitrogens with zero attached hydrogens (tertiary/aromatic N) is 3. The number of aryl methyl sites for hydroxylation is 1. The fourth-order valence-corrected chi connectivity index (χ4v) is 1.55. The molecule has 0 bridgehead atoms. The summed E-state index contributed by atoms with van der Waals surface area (Å²) in [5, 5.41) is 3.63. The maximum atomic E-state index is 5.92. The number of hydrogen-bond acceptors (Lipinski definition) is 5. The second-order valence-corrected chi connectivity index (χ2v) is 4.17. The van der Waals surface area contributed by atoms with Crippen molar-refractivity contribution in [3.05, 3.63) is 34.9 Å². The predicted molar refractivity (Wildman–Crippen MR) is 65.1 cm³/mol. The van der Waals surface area contributed by atoms with E-state index >= 15 is 0 Å². The Bertz CT molecular complexity index is 526. The van der Waals surface area contributed by atoms with Crippen molar-refractivity contribution in [1.82, 2.24) is 15.0 Å². The molecule has 2 aromatic rings. The molecule has 90 valence electrons. The van der Waals surface area contributed by atoms with Crippen molar-refractivity contribution < 1.29 is 4.42 Å². The number of rotatable bonds is 3. The molecule has 2 aromatic heterocycles. The van der Waals surface area contributed by atoms with E-state index in [1.54, 1.807) is 6.20 Å². The van der Waals surface area contributed by atoms with Gasteiger partial charge in [0.25, 0.3) is 0 Å². The Morgan fingerprint density at radius 3 is 2.71 bits per heavy atom. The van der Waals surface area contributed by atoms with Gasteiger partial charge >= 0.3 is 0 Å². The van der Waals surface area contributed by atoms with Crippen molar-refractivity contribution in [2.75, 3.05) is 5.32 Å². The zero-order valence-electron chi connectivity index (χ0n) is 9.86. The summed E-state index contributed by atoms with van der Waals surface area (Å²) < 4.78 is 5.44. The fourth-order valence-electron chi connectivity index (χ4n) is 1.41. The summed E-state index contributed by atoms with van der Waals surface area (Å²) in [7, 11) is 0. The van der Waals surface area contributed by atoms with E-state index in [1.807, 2.05) is 20.8 Å². The highest BCUT2D eigenvalue weighted by molar-refractivity contribution is 6.30. The molecule has 5 nitrogen and oxygen atoms in total. The molecule has 1 N–H and O–H groups in total. The van der Waals surface area contributed by atoms with E-state index in [-0.39, 0.29) is 6.04 Å². The summed E-state index contributed by atoms with van der Waals surface area (Å²) >= 11 is 5.92. The summed E-state index contributed by atoms with van der Waals surface area (Å²) in [6.45, 7) is 5.66. The Hall–Kier alpha value is -1.62. The minimum atomic E-state index is -0.0756. The number of aromatic nitrogens is 3. The summed E-state index contributed by atoms with van der Waals surface area (Å²) in [6.07, 6.45) is 3.11. The van der Waals surface area contributed by atoms with Crippen LogP contribution in [-0.2, 0) is 0 Å². The molecule has 0 spiro atoms. The zero-order valence-corrected chi connectivity index (χ0v) is 10.6. The highest BCUT2D eigenvalue weighted by atomic mass is 35.5. The first-order valence-corrected chi connectivity index (χ1v) is 5.61. The highest BCUT2D eigenvalue weighted by Gasteiger charge is 2.13. The first-order valence-electron chi connectivity index (χ1n) is 5.24. The average Bonchev–Trinajstić information content (AvgIpc) is 2.72. The van der Waals surface area contributed by atoms with Gasteiger partial charge in [0, 0.05) is 5.56 Å². The first-order chi connectivity index (χ1) is 8.08. The zero-order chi connectivity index (χ0) is 12.4. The Morgan fingerprint density at radius 1 is 1.29 bits per heavy atom. The van der Waals surface area contributed by atoms with Gasteiger partial charge in [-0.25, -0.2) is 15.0 Å². The Morgan fingerprint density at radius 2 is 2.06 bits per heavy atom. The second kappa shape index (κ2) is 4.71. The first kappa shape index (κ1) is 11.9. The van der Waals surface area contributed by atoms with E-state index in [0.717, 1.165) is 11.3 Å². The van der Waals surface area contributed by atoms with E-state index in [0.29, 0.717) is 16.9 Å². The van der Waals surface area contributed by atoms with E-state index < -0.39 is 0 Å². The third-order valence-electron chi connectivity index (χ3n) is 2.39. The summed E-state index contributed by atoms with van der Waals surface area (Å²) in [6, 6.07) is -0.0756. The Balaban J connectivity index is 2.18. The minimum absolute atomic E-state index is 0.0756. The van der Waals surface area contributed by atoms with Gasteiger partial charge in [-0.3, -0.25) is 0 Å². The molecule has 0 aromatic carbocycles. The van der Waals surface area contributed by atoms with Crippen molar-refractivity contribution in [2.24, 2.45) is 0 Å². The summed E-state index contributed by atoms with van der Waals surface area (Å²) in [4.78, 5) is 12.2. The molecule has 0 amide bonds. The Labute approximate surface area is 104 Å². The molecular weight excluding hydrogens is 240 g/mol. The molecule has 0 radical (unpaired) electrons. The molecule has 0 aliphatic heterocycles. The second-order valence-electron chi connectivity index (χ2n) is 3.81. The van der Waals surface area contributed by atoms with Crippen LogP contribution in [0.5, 0.6) is 0 Å². The van der Waals surface area contributed by atoms with Gasteiger partial charge in [-0.2, -0.15) is 0 Å². The standard InChI is InChI=1S/C11H13ClN4O/c1-6-4-13-11(17-6)8(3)16-10-7(2)9(12)14-5-15-10/h4-5,8H,1-3H3,(H,14,15,16). The lowest BCUT2D eigenvalue weighted by Gasteiger charge is -2.13. The monoisotopic (exact) mass is 252 g/mol. The van der Waals surface area contributed by atoms with E-state index in [1.165, 1.54) is 6.33 Å². The predicted octanol–water partition coefficient (Wildman–Crippen LogP) is 2.91. The molecule has 6 heteroatoms. The highest BCUT2D eigenvalue weighted by Crippen LogP contribution is 2.22. The maximum absolute atomic E-state index is 5.92. The van der Waals surface area contributed by atoms with Gasteiger partial charge in [0.15, 0.2) is 0 Å². The number of halogens is 1. The normalized spacial score (nSPS) is 12.5. The van der Waals surface area contributed by atoms with Gasteiger partial charge in [0.2, 0.25) is 5.89 Å². The maximum Gasteiger partial charge on any atom is 0.216 e. The van der Waals surface area contributed by atoms with E-state index in [9.17, 15) is 0 Å². The quantitative estimate of drug-likeness (QED) is 0.851. The third kappa shape index (κ3) is 2.55. The van der Waals surface area contributed by atoms with Crippen molar-refractivity contribution in [1.29, 1.82) is 0 Å². The van der Waals surface area contributed by atoms with Gasteiger partial charge in [-0.05, 0) is 20.8 Å². The van der Waals surface area contributed by atoms with Gasteiger partial charge in [0.05, 0.1) is 6.20 Å². The van der Waals surface area contributed by atoms with E-state index in [4.69, 9.17) is 16.0 Å². The molecule has 1 unspecified atom stereocenters. The molecular formula is C11H13ClN4O. The molecule has 0 saturated carbocycles. The van der Waals surface area contributed by atoms with Crippen LogP contribution in [0.4, 0.5) is 5.82 Å². The van der Waals surface area contributed by atoms with Gasteiger partial charge in [-0.15, -0.1) is 0 Å². The van der Waals surface area contributed by atoms with Crippen LogP contribution in [0.15, 0.2) is 16.9 Å². The van der Waals surface area contributed by atoms with Crippen molar-refractivity contribution >= 4 is 17.4 Å². The lowest BCUT2D eigenvalue weighted by atomic mass is 10.3. The van der Waals surface area contributed by atoms with Crippen LogP contribution in [0.25, 0.3) is 0 Å². The number of anilines is 1. The van der Waals surface area contributed by atoms with Crippen LogP contribution in [0, 0.1) is 13.8 Å². The minimum Gasteiger partial charge on any atom is -0.444 e. The largest absolute Gasteiger partial charge is 0.444 e. The summed E-state index contributed by atoms with van der Waals surface area (Å²) in [5.41, 5.74) is 0.810. The topological polar surface area (TPSA) is 63.8 Å². The van der Waals surface area contributed by atoms with Crippen LogP contribution in [0.2, 0.25) is 5.15 Å². The van der Waals surface area contributed by atoms with Crippen LogP contribution in [0.3, 0.4) is 0 Å². The van der Waals surface area contributed by atoms with Crippen LogP contribution < -0.4 is 5.32 Å². The molecule has 17 heavy (non-hydrogen) atoms. The smallest absolute Gasteiger partial charge is 0.216 e. The molecule has 1 atom stereocenters. The Kier molecular flexibility index (Phi) is 3.28. The molecule has 0 aliphatic rings. The number of nitrogens with one attached hydrogen (secondary N) is 1. The molecule has 0 fully saturated rings. The van der Waals surface area contributed by atoms with Crippen molar-refractivity contribution in [2.45, 2.75) is 26.8 Å². The fraction of sp³-hybridized carbons (Fsp3) is 0.364. The lowest BCUT2D eigenvalue weighted by Crippen LogP contribution is -2.10. The molecule has 2 rings (SSSR count). The number of oxazole rings is 1. The molecule has 0 saturated heterocycles. The van der Waals surface area contributed by atoms with Gasteiger partial charge in [-0.1, -0.05) is 11.6 Å². The van der Waals surface area contributed by atoms with E-state index in [2.05, 4.69) is 20.3 Å². The van der Waals surface area contributed by atoms with Crippen molar-refractivity contribution in [3.8, 4) is 0 Å². The van der Waals surface area contributed by atoms with Crippen LogP contribution in [0.1, 0.15) is 30.2 Å². The average molecular weight is 253 g/mol. The molecule has 0 aliphatic carbocycles. The molecule has 2 heterocycles. The SMILES string of the molecule is Cc1cnc(C(C)Nc2ncnc(Cl)c2C)o1. The lowest BCUT2D eigenvalue weighted by molar-refractivity contribution is 0.453. The third-order valence-corrected chi connectivity index (χ3v) is 2.77. The van der Waals surface area contributed by atoms with Crippen LogP contribution >= 0.6 is 11.6 Å². The van der Waals surface area contributed by atoms with Gasteiger partial charge < -0.3 is 9.73 Å². The van der Waals surface area contributed by atoms with Crippen molar-refractivity contribution in [3.63, 3.8) is 0 Å². The number of hydrogen-bond donors (Lipinski definition) is 1. The summed E-state index contributed by atoms with van der Waals surface area (Å²) in [5.74, 6) is 2.09. The van der Waals surface area contributed by atoms with Gasteiger partial charge in [0.1, 0.15) is 29.1 Å².